The summed E-state index contributed by atoms with van der Waals surface area (Å²) in [6.45, 7) is 7.39. The van der Waals surface area contributed by atoms with Crippen LogP contribution in [-0.2, 0) is 9.59 Å². The van der Waals surface area contributed by atoms with E-state index in [1.54, 1.807) is 0 Å². The highest BCUT2D eigenvalue weighted by molar-refractivity contribution is 5.80. The zero-order chi connectivity index (χ0) is 16.6. The van der Waals surface area contributed by atoms with E-state index < -0.39 is 0 Å². The van der Waals surface area contributed by atoms with Crippen molar-refractivity contribution in [3.63, 3.8) is 0 Å². The van der Waals surface area contributed by atoms with E-state index in [1.165, 1.54) is 0 Å². The summed E-state index contributed by atoms with van der Waals surface area (Å²) >= 11 is 0. The molecular formula is C16H25N5O2. The molecule has 7 heteroatoms. The molecule has 0 aliphatic carbocycles. The number of amides is 2. The maximum atomic E-state index is 12.6. The van der Waals surface area contributed by atoms with Crippen molar-refractivity contribution < 1.29 is 9.59 Å². The normalized spacial score (nSPS) is 20.5. The number of aryl methyl sites for hydroxylation is 2. The van der Waals surface area contributed by atoms with Crippen LogP contribution < -0.4 is 5.73 Å². The molecule has 2 N–H and O–H groups in total. The van der Waals surface area contributed by atoms with Crippen LogP contribution in [0.1, 0.15) is 30.3 Å². The third kappa shape index (κ3) is 3.39. The van der Waals surface area contributed by atoms with Crippen molar-refractivity contribution in [1.29, 1.82) is 0 Å². The molecule has 7 nitrogen and oxygen atoms in total. The van der Waals surface area contributed by atoms with Crippen LogP contribution >= 0.6 is 0 Å². The summed E-state index contributed by atoms with van der Waals surface area (Å²) in [4.78, 5) is 27.5. The van der Waals surface area contributed by atoms with Gasteiger partial charge >= 0.3 is 0 Å². The molecule has 0 bridgehead atoms. The van der Waals surface area contributed by atoms with Crippen LogP contribution in [0.2, 0.25) is 0 Å². The number of rotatable bonds is 4. The summed E-state index contributed by atoms with van der Waals surface area (Å²) in [5.74, 6) is 0.0345. The minimum atomic E-state index is -0.301. The van der Waals surface area contributed by atoms with E-state index >= 15 is 0 Å². The predicted molar refractivity (Wildman–Crippen MR) is 85.7 cm³/mol. The number of nitrogens with two attached hydrogens (primary N) is 1. The largest absolute Gasteiger partial charge is 0.369 e. The molecule has 1 aromatic rings. The topological polar surface area (TPSA) is 84.5 Å². The lowest BCUT2D eigenvalue weighted by atomic mass is 9.93. The average Bonchev–Trinajstić information content (AvgIpc) is 2.76. The summed E-state index contributed by atoms with van der Waals surface area (Å²) in [5, 5.41) is 4.50. The van der Waals surface area contributed by atoms with Crippen molar-refractivity contribution in [2.24, 2.45) is 11.7 Å². The highest BCUT2D eigenvalue weighted by atomic mass is 16.2. The van der Waals surface area contributed by atoms with Gasteiger partial charge in [-0.1, -0.05) is 0 Å². The van der Waals surface area contributed by atoms with Crippen molar-refractivity contribution in [3.8, 4) is 0 Å². The predicted octanol–water partition coefficient (Wildman–Crippen LogP) is 0.0805. The molecule has 2 saturated heterocycles. The van der Waals surface area contributed by atoms with Gasteiger partial charge in [-0.25, -0.2) is 0 Å². The Hall–Kier alpha value is -1.89. The van der Waals surface area contributed by atoms with E-state index in [2.05, 4.69) is 18.1 Å². The second-order valence-electron chi connectivity index (χ2n) is 6.79. The second kappa shape index (κ2) is 6.31. The molecular weight excluding hydrogens is 294 g/mol. The van der Waals surface area contributed by atoms with Crippen molar-refractivity contribution >= 4 is 11.8 Å². The Morgan fingerprint density at radius 1 is 1.26 bits per heavy atom. The lowest BCUT2D eigenvalue weighted by Crippen LogP contribution is -2.54. The van der Waals surface area contributed by atoms with Crippen LogP contribution in [0.25, 0.3) is 0 Å². The first-order chi connectivity index (χ1) is 10.9. The van der Waals surface area contributed by atoms with Gasteiger partial charge in [0.05, 0.1) is 18.3 Å². The molecule has 0 atom stereocenters. The van der Waals surface area contributed by atoms with E-state index in [-0.39, 0.29) is 17.7 Å². The minimum absolute atomic E-state index is 0.0838. The fraction of sp³-hybridized carbons (Fsp3) is 0.688. The second-order valence-corrected chi connectivity index (χ2v) is 6.79. The molecule has 2 aliphatic heterocycles. The van der Waals surface area contributed by atoms with E-state index in [4.69, 9.17) is 5.73 Å². The fourth-order valence-electron chi connectivity index (χ4n) is 3.62. The molecule has 23 heavy (non-hydrogen) atoms. The van der Waals surface area contributed by atoms with Gasteiger partial charge in [0, 0.05) is 24.7 Å². The maximum Gasteiger partial charge on any atom is 0.231 e. The van der Waals surface area contributed by atoms with Gasteiger partial charge in [-0.05, 0) is 45.8 Å². The summed E-state index contributed by atoms with van der Waals surface area (Å²) in [7, 11) is 0. The van der Waals surface area contributed by atoms with Gasteiger partial charge in [-0.15, -0.1) is 0 Å². The standard InChI is InChI=1S/C16H25N5O2/c1-11-7-12(2)21(18-11)14-8-20(9-14)16(23)13-3-5-19(6-4-13)10-15(17)22/h7,13-14H,3-6,8-10H2,1-2H3,(H2,17,22). The summed E-state index contributed by atoms with van der Waals surface area (Å²) in [6.07, 6.45) is 1.63. The number of hydrogen-bond donors (Lipinski definition) is 1. The monoisotopic (exact) mass is 319 g/mol. The van der Waals surface area contributed by atoms with Crippen molar-refractivity contribution in [2.75, 3.05) is 32.7 Å². The fourth-order valence-corrected chi connectivity index (χ4v) is 3.62. The molecule has 0 radical (unpaired) electrons. The van der Waals surface area contributed by atoms with E-state index in [0.717, 1.165) is 50.4 Å². The number of primary amides is 1. The molecule has 1 aromatic heterocycles. The molecule has 0 unspecified atom stereocenters. The first kappa shape index (κ1) is 16.0. The quantitative estimate of drug-likeness (QED) is 0.852. The SMILES string of the molecule is Cc1cc(C)n(C2CN(C(=O)C3CCN(CC(N)=O)CC3)C2)n1. The van der Waals surface area contributed by atoms with Crippen molar-refractivity contribution in [3.05, 3.63) is 17.5 Å². The molecule has 2 aliphatic rings. The third-order valence-corrected chi connectivity index (χ3v) is 4.88. The maximum absolute atomic E-state index is 12.6. The minimum Gasteiger partial charge on any atom is -0.369 e. The number of aromatic nitrogens is 2. The first-order valence-electron chi connectivity index (χ1n) is 8.26. The van der Waals surface area contributed by atoms with E-state index in [1.807, 2.05) is 21.4 Å². The molecule has 3 heterocycles. The van der Waals surface area contributed by atoms with Gasteiger partial charge in [-0.3, -0.25) is 19.2 Å². The average molecular weight is 319 g/mol. The smallest absolute Gasteiger partial charge is 0.231 e. The number of carbonyl (C=O) groups is 2. The Bertz CT molecular complexity index is 598. The van der Waals surface area contributed by atoms with Gasteiger partial charge in [0.2, 0.25) is 11.8 Å². The number of hydrogen-bond acceptors (Lipinski definition) is 4. The molecule has 0 aromatic carbocycles. The number of piperidine rings is 1. The van der Waals surface area contributed by atoms with Crippen LogP contribution in [0, 0.1) is 19.8 Å². The number of likely N-dealkylation sites (tertiary alicyclic amines) is 2. The molecule has 3 rings (SSSR count). The van der Waals surface area contributed by atoms with Gasteiger partial charge in [0.15, 0.2) is 0 Å². The Balaban J connectivity index is 1.48. The van der Waals surface area contributed by atoms with Gasteiger partial charge in [0.25, 0.3) is 0 Å². The zero-order valence-electron chi connectivity index (χ0n) is 13.9. The first-order valence-corrected chi connectivity index (χ1v) is 8.26. The highest BCUT2D eigenvalue weighted by Crippen LogP contribution is 2.27. The summed E-state index contributed by atoms with van der Waals surface area (Å²) in [6, 6.07) is 2.38. The highest BCUT2D eigenvalue weighted by Gasteiger charge is 2.37. The van der Waals surface area contributed by atoms with E-state index in [0.29, 0.717) is 12.6 Å². The van der Waals surface area contributed by atoms with Crippen molar-refractivity contribution in [2.45, 2.75) is 32.7 Å². The Labute approximate surface area is 136 Å². The molecule has 126 valence electrons. The van der Waals surface area contributed by atoms with Gasteiger partial charge in [0.1, 0.15) is 0 Å². The lowest BCUT2D eigenvalue weighted by molar-refractivity contribution is -0.143. The number of carbonyl (C=O) groups excluding carboxylic acids is 2. The van der Waals surface area contributed by atoms with E-state index in [9.17, 15) is 9.59 Å². The summed E-state index contributed by atoms with van der Waals surface area (Å²) in [5.41, 5.74) is 7.39. The van der Waals surface area contributed by atoms with Crippen LogP contribution in [0.5, 0.6) is 0 Å². The van der Waals surface area contributed by atoms with Crippen LogP contribution in [-0.4, -0.2) is 64.1 Å². The third-order valence-electron chi connectivity index (χ3n) is 4.88. The molecule has 0 saturated carbocycles. The Kier molecular flexibility index (Phi) is 4.39. The van der Waals surface area contributed by atoms with Crippen molar-refractivity contribution in [1.82, 2.24) is 19.6 Å². The lowest BCUT2D eigenvalue weighted by Gasteiger charge is -2.42. The van der Waals surface area contributed by atoms with Crippen LogP contribution in [0.3, 0.4) is 0 Å². The summed E-state index contributed by atoms with van der Waals surface area (Å²) < 4.78 is 2.04. The van der Waals surface area contributed by atoms with Crippen LogP contribution in [0.15, 0.2) is 6.07 Å². The Morgan fingerprint density at radius 3 is 2.43 bits per heavy atom. The molecule has 0 spiro atoms. The Morgan fingerprint density at radius 2 is 1.91 bits per heavy atom. The van der Waals surface area contributed by atoms with Gasteiger partial charge < -0.3 is 10.6 Å². The number of nitrogens with zero attached hydrogens (tertiary/aromatic N) is 4. The molecule has 2 fully saturated rings. The molecule has 2 amide bonds. The van der Waals surface area contributed by atoms with Crippen LogP contribution in [0.4, 0.5) is 0 Å². The zero-order valence-corrected chi connectivity index (χ0v) is 13.9. The van der Waals surface area contributed by atoms with Gasteiger partial charge in [-0.2, -0.15) is 5.10 Å².